The predicted octanol–water partition coefficient (Wildman–Crippen LogP) is 3.01. The Morgan fingerprint density at radius 3 is 2.19 bits per heavy atom. The fraction of sp³-hybridized carbons (Fsp3) is 0.944. The minimum Gasteiger partial charge on any atom is -0.388 e. The van der Waals surface area contributed by atoms with E-state index in [0.717, 1.165) is 44.4 Å². The van der Waals surface area contributed by atoms with Gasteiger partial charge in [-0.25, -0.2) is 0 Å². The molecular weight excluding hydrogens is 262 g/mol. The number of hydrogen-bond donors (Lipinski definition) is 2. The number of nitrogens with one attached hydrogen (secondary N) is 1. The van der Waals surface area contributed by atoms with Gasteiger partial charge in [-0.15, -0.1) is 0 Å². The van der Waals surface area contributed by atoms with Gasteiger partial charge in [0.1, 0.15) is 0 Å². The van der Waals surface area contributed by atoms with Crippen molar-refractivity contribution >= 4 is 5.91 Å². The number of amides is 1. The third-order valence-corrected chi connectivity index (χ3v) is 6.97. The summed E-state index contributed by atoms with van der Waals surface area (Å²) < 4.78 is 0. The van der Waals surface area contributed by atoms with Crippen molar-refractivity contribution in [3.8, 4) is 0 Å². The fourth-order valence-corrected chi connectivity index (χ4v) is 6.89. The Kier molecular flexibility index (Phi) is 2.70. The molecule has 5 saturated carbocycles. The smallest absolute Gasteiger partial charge is 0.226 e. The highest BCUT2D eigenvalue weighted by Crippen LogP contribution is 2.69. The van der Waals surface area contributed by atoms with Crippen LogP contribution in [-0.4, -0.2) is 23.2 Å². The quantitative estimate of drug-likeness (QED) is 0.840. The third-order valence-electron chi connectivity index (χ3n) is 6.97. The van der Waals surface area contributed by atoms with Gasteiger partial charge in [0.05, 0.1) is 11.0 Å². The first-order valence-corrected chi connectivity index (χ1v) is 8.75. The Balaban J connectivity index is 1.52. The zero-order valence-electron chi connectivity index (χ0n) is 13.5. The van der Waals surface area contributed by atoms with E-state index in [4.69, 9.17) is 0 Å². The zero-order chi connectivity index (χ0) is 14.9. The summed E-state index contributed by atoms with van der Waals surface area (Å²) in [6, 6.07) is 0. The summed E-state index contributed by atoms with van der Waals surface area (Å²) in [5.41, 5.74) is 0.00649. The highest BCUT2D eigenvalue weighted by atomic mass is 16.3. The average molecular weight is 291 g/mol. The van der Waals surface area contributed by atoms with Crippen molar-refractivity contribution in [3.63, 3.8) is 0 Å². The molecule has 0 saturated heterocycles. The lowest BCUT2D eigenvalue weighted by Crippen LogP contribution is -2.61. The molecule has 2 N–H and O–H groups in total. The molecule has 2 unspecified atom stereocenters. The van der Waals surface area contributed by atoms with Crippen molar-refractivity contribution in [1.29, 1.82) is 0 Å². The minimum atomic E-state index is -0.605. The van der Waals surface area contributed by atoms with E-state index < -0.39 is 5.60 Å². The largest absolute Gasteiger partial charge is 0.388 e. The highest BCUT2D eigenvalue weighted by molar-refractivity contribution is 5.83. The molecule has 118 valence electrons. The van der Waals surface area contributed by atoms with Gasteiger partial charge in [-0.3, -0.25) is 4.79 Å². The standard InChI is InChI=1S/C18H29NO2/c1-15-6-13-7-16(2,9-15)11-17(8-13,10-15)14(20)19-12-18(21)4-3-5-18/h13,21H,3-12H2,1-2H3,(H,19,20). The second-order valence-electron chi connectivity index (χ2n) is 9.67. The Morgan fingerprint density at radius 1 is 1.10 bits per heavy atom. The number of carbonyl (C=O) groups excluding carboxylic acids is 1. The molecule has 0 aromatic rings. The molecule has 0 aromatic heterocycles. The molecule has 1 amide bonds. The normalized spacial score (nSPS) is 49.8. The molecule has 0 aromatic carbocycles. The zero-order valence-corrected chi connectivity index (χ0v) is 13.5. The maximum absolute atomic E-state index is 12.9. The predicted molar refractivity (Wildman–Crippen MR) is 81.6 cm³/mol. The Hall–Kier alpha value is -0.570. The molecular formula is C18H29NO2. The van der Waals surface area contributed by atoms with Crippen LogP contribution in [-0.2, 0) is 4.79 Å². The number of hydrogen-bond acceptors (Lipinski definition) is 2. The van der Waals surface area contributed by atoms with Crippen molar-refractivity contribution in [2.24, 2.45) is 22.2 Å². The summed E-state index contributed by atoms with van der Waals surface area (Å²) >= 11 is 0. The Labute approximate surface area is 127 Å². The van der Waals surface area contributed by atoms with E-state index in [0.29, 0.717) is 17.4 Å². The summed E-state index contributed by atoms with van der Waals surface area (Å²) in [5.74, 6) is 0.984. The van der Waals surface area contributed by atoms with Crippen LogP contribution in [0.1, 0.15) is 71.6 Å². The average Bonchev–Trinajstić information content (AvgIpc) is 2.29. The fourth-order valence-electron chi connectivity index (χ4n) is 6.89. The molecule has 5 aliphatic carbocycles. The number of rotatable bonds is 3. The van der Waals surface area contributed by atoms with E-state index in [1.807, 2.05) is 0 Å². The van der Waals surface area contributed by atoms with E-state index in [2.05, 4.69) is 19.2 Å². The van der Waals surface area contributed by atoms with Crippen molar-refractivity contribution in [1.82, 2.24) is 5.32 Å². The van der Waals surface area contributed by atoms with Crippen molar-refractivity contribution < 1.29 is 9.90 Å². The SMILES string of the molecule is CC12CC3CC(C)(C1)CC(C(=O)NCC1(O)CCC1)(C3)C2. The Morgan fingerprint density at radius 2 is 1.71 bits per heavy atom. The summed E-state index contributed by atoms with van der Waals surface area (Å²) in [5, 5.41) is 13.4. The molecule has 5 fully saturated rings. The van der Waals surface area contributed by atoms with Gasteiger partial charge < -0.3 is 10.4 Å². The maximum atomic E-state index is 12.9. The van der Waals surface area contributed by atoms with Crippen molar-refractivity contribution in [2.75, 3.05) is 6.54 Å². The molecule has 0 aliphatic heterocycles. The van der Waals surface area contributed by atoms with E-state index >= 15 is 0 Å². The molecule has 0 radical (unpaired) electrons. The second-order valence-corrected chi connectivity index (χ2v) is 9.67. The van der Waals surface area contributed by atoms with E-state index in [9.17, 15) is 9.90 Å². The van der Waals surface area contributed by atoms with Crippen LogP contribution < -0.4 is 5.32 Å². The lowest BCUT2D eigenvalue weighted by atomic mass is 9.40. The van der Waals surface area contributed by atoms with Crippen molar-refractivity contribution in [3.05, 3.63) is 0 Å². The molecule has 5 aliphatic rings. The second kappa shape index (κ2) is 4.04. The van der Waals surface area contributed by atoms with Crippen LogP contribution >= 0.6 is 0 Å². The first kappa shape index (κ1) is 14.0. The molecule has 5 rings (SSSR count). The monoisotopic (exact) mass is 291 g/mol. The van der Waals surface area contributed by atoms with Crippen LogP contribution in [0, 0.1) is 22.2 Å². The lowest BCUT2D eigenvalue weighted by Gasteiger charge is -2.64. The van der Waals surface area contributed by atoms with Crippen LogP contribution in [0.4, 0.5) is 0 Å². The molecule has 21 heavy (non-hydrogen) atoms. The van der Waals surface area contributed by atoms with Gasteiger partial charge in [-0.2, -0.15) is 0 Å². The van der Waals surface area contributed by atoms with Crippen molar-refractivity contribution in [2.45, 2.75) is 77.2 Å². The molecule has 4 bridgehead atoms. The van der Waals surface area contributed by atoms with Gasteiger partial charge >= 0.3 is 0 Å². The molecule has 0 heterocycles. The minimum absolute atomic E-state index is 0.136. The van der Waals surface area contributed by atoms with Gasteiger partial charge in [-0.05, 0) is 74.5 Å². The summed E-state index contributed by atoms with van der Waals surface area (Å²) in [6.45, 7) is 5.26. The van der Waals surface area contributed by atoms with Gasteiger partial charge in [0.25, 0.3) is 0 Å². The maximum Gasteiger partial charge on any atom is 0.226 e. The van der Waals surface area contributed by atoms with Gasteiger partial charge in [0.2, 0.25) is 5.91 Å². The summed E-state index contributed by atoms with van der Waals surface area (Å²) in [7, 11) is 0. The summed E-state index contributed by atoms with van der Waals surface area (Å²) in [4.78, 5) is 12.9. The summed E-state index contributed by atoms with van der Waals surface area (Å²) in [6.07, 6.45) is 9.94. The van der Waals surface area contributed by atoms with Crippen LogP contribution in [0.2, 0.25) is 0 Å². The molecule has 3 heteroatoms. The van der Waals surface area contributed by atoms with Crippen LogP contribution in [0.3, 0.4) is 0 Å². The van der Waals surface area contributed by atoms with E-state index in [1.165, 1.54) is 19.3 Å². The molecule has 2 atom stereocenters. The van der Waals surface area contributed by atoms with E-state index in [1.54, 1.807) is 0 Å². The highest BCUT2D eigenvalue weighted by Gasteiger charge is 2.62. The molecule has 3 nitrogen and oxygen atoms in total. The van der Waals surface area contributed by atoms with E-state index in [-0.39, 0.29) is 11.3 Å². The Bertz CT molecular complexity index is 464. The topological polar surface area (TPSA) is 49.3 Å². The third kappa shape index (κ3) is 2.15. The molecule has 0 spiro atoms. The van der Waals surface area contributed by atoms with Crippen LogP contribution in [0.15, 0.2) is 0 Å². The van der Waals surface area contributed by atoms with Crippen LogP contribution in [0.5, 0.6) is 0 Å². The number of aliphatic hydroxyl groups is 1. The first-order chi connectivity index (χ1) is 9.74. The first-order valence-electron chi connectivity index (χ1n) is 8.75. The number of carbonyl (C=O) groups is 1. The van der Waals surface area contributed by atoms with Gasteiger partial charge in [0, 0.05) is 6.54 Å². The lowest BCUT2D eigenvalue weighted by molar-refractivity contribution is -0.171. The van der Waals surface area contributed by atoms with Crippen LogP contribution in [0.25, 0.3) is 0 Å². The van der Waals surface area contributed by atoms with Gasteiger partial charge in [0.15, 0.2) is 0 Å². The van der Waals surface area contributed by atoms with Gasteiger partial charge in [-0.1, -0.05) is 13.8 Å².